The zero-order valence-electron chi connectivity index (χ0n) is 11.4. The van der Waals surface area contributed by atoms with E-state index in [-0.39, 0.29) is 11.4 Å². The number of halogens is 3. The number of rotatable bonds is 5. The molecule has 0 heterocycles. The maximum atomic E-state index is 12.7. The molecule has 0 unspecified atom stereocenters. The molecule has 9 heteroatoms. The Bertz CT molecular complexity index is 651. The van der Waals surface area contributed by atoms with E-state index in [4.69, 9.17) is 5.26 Å². The van der Waals surface area contributed by atoms with Gasteiger partial charge < -0.3 is 5.32 Å². The highest BCUT2D eigenvalue weighted by Crippen LogP contribution is 2.33. The summed E-state index contributed by atoms with van der Waals surface area (Å²) in [5, 5.41) is 11.6. The Labute approximate surface area is 121 Å². The second kappa shape index (κ2) is 6.43. The minimum atomic E-state index is -4.70. The highest BCUT2D eigenvalue weighted by Gasteiger charge is 2.34. The van der Waals surface area contributed by atoms with E-state index in [9.17, 15) is 21.6 Å². The molecule has 0 amide bonds. The third-order valence-electron chi connectivity index (χ3n) is 2.80. The van der Waals surface area contributed by atoms with Crippen molar-refractivity contribution in [3.8, 4) is 6.07 Å². The largest absolute Gasteiger partial charge is 0.417 e. The van der Waals surface area contributed by atoms with E-state index in [1.807, 2.05) is 0 Å². The van der Waals surface area contributed by atoms with Crippen LogP contribution in [0.5, 0.6) is 0 Å². The number of nitriles is 1. The number of sulfonamides is 1. The highest BCUT2D eigenvalue weighted by atomic mass is 32.2. The first kappa shape index (κ1) is 17.4. The van der Waals surface area contributed by atoms with E-state index in [1.165, 1.54) is 13.1 Å². The summed E-state index contributed by atoms with van der Waals surface area (Å²) in [6, 6.07) is 3.59. The van der Waals surface area contributed by atoms with Crippen LogP contribution < -0.4 is 5.32 Å². The zero-order valence-corrected chi connectivity index (χ0v) is 12.2. The van der Waals surface area contributed by atoms with Crippen LogP contribution >= 0.6 is 0 Å². The fourth-order valence-corrected chi connectivity index (χ4v) is 2.79. The van der Waals surface area contributed by atoms with Crippen molar-refractivity contribution in [3.05, 3.63) is 29.3 Å². The van der Waals surface area contributed by atoms with Crippen LogP contribution in [0.3, 0.4) is 0 Å². The molecule has 0 bridgehead atoms. The van der Waals surface area contributed by atoms with Gasteiger partial charge >= 0.3 is 6.18 Å². The lowest BCUT2D eigenvalue weighted by Crippen LogP contribution is -2.33. The number of benzene rings is 1. The van der Waals surface area contributed by atoms with Gasteiger partial charge in [0.25, 0.3) is 0 Å². The summed E-state index contributed by atoms with van der Waals surface area (Å²) in [4.78, 5) is -0.342. The van der Waals surface area contributed by atoms with Crippen molar-refractivity contribution in [3.63, 3.8) is 0 Å². The first-order chi connectivity index (χ1) is 9.64. The lowest BCUT2D eigenvalue weighted by atomic mass is 10.1. The van der Waals surface area contributed by atoms with Crippen molar-refractivity contribution in [1.82, 2.24) is 9.62 Å². The predicted molar refractivity (Wildman–Crippen MR) is 69.9 cm³/mol. The van der Waals surface area contributed by atoms with Crippen LogP contribution in [-0.2, 0) is 16.2 Å². The van der Waals surface area contributed by atoms with Gasteiger partial charge in [-0.25, -0.2) is 8.42 Å². The Morgan fingerprint density at radius 1 is 1.38 bits per heavy atom. The topological polar surface area (TPSA) is 73.2 Å². The lowest BCUT2D eigenvalue weighted by molar-refractivity contribution is -0.137. The molecule has 5 nitrogen and oxygen atoms in total. The van der Waals surface area contributed by atoms with E-state index in [2.05, 4.69) is 5.32 Å². The molecule has 0 aromatic heterocycles. The molecule has 0 fully saturated rings. The number of nitrogens with one attached hydrogen (secondary N) is 1. The molecular weight excluding hydrogens is 307 g/mol. The Hall–Kier alpha value is -1.63. The van der Waals surface area contributed by atoms with Gasteiger partial charge in [0.1, 0.15) is 0 Å². The summed E-state index contributed by atoms with van der Waals surface area (Å²) in [7, 11) is -0.970. The van der Waals surface area contributed by atoms with Crippen LogP contribution in [0.25, 0.3) is 0 Å². The van der Waals surface area contributed by atoms with Gasteiger partial charge in [0.2, 0.25) is 10.0 Å². The second-order valence-corrected chi connectivity index (χ2v) is 6.29. The van der Waals surface area contributed by atoms with Crippen molar-refractivity contribution >= 4 is 10.0 Å². The third kappa shape index (κ3) is 3.93. The Balaban J connectivity index is 3.25. The quantitative estimate of drug-likeness (QED) is 0.890. The van der Waals surface area contributed by atoms with Crippen LogP contribution in [0.2, 0.25) is 0 Å². The fraction of sp³-hybridized carbons (Fsp3) is 0.417. The maximum absolute atomic E-state index is 12.7. The third-order valence-corrected chi connectivity index (χ3v) is 4.65. The molecule has 0 aliphatic heterocycles. The van der Waals surface area contributed by atoms with Crippen LogP contribution in [0.4, 0.5) is 13.2 Å². The van der Waals surface area contributed by atoms with E-state index < -0.39 is 27.3 Å². The summed E-state index contributed by atoms with van der Waals surface area (Å²) >= 11 is 0. The molecule has 0 spiro atoms. The van der Waals surface area contributed by atoms with E-state index in [0.29, 0.717) is 12.6 Å². The van der Waals surface area contributed by atoms with Crippen molar-refractivity contribution < 1.29 is 21.6 Å². The minimum absolute atomic E-state index is 0.155. The van der Waals surface area contributed by atoms with Crippen molar-refractivity contribution in [2.45, 2.75) is 11.1 Å². The fourth-order valence-electron chi connectivity index (χ4n) is 1.59. The van der Waals surface area contributed by atoms with Gasteiger partial charge in [-0.05, 0) is 25.2 Å². The van der Waals surface area contributed by atoms with Gasteiger partial charge in [0.15, 0.2) is 0 Å². The summed E-state index contributed by atoms with van der Waals surface area (Å²) in [5.74, 6) is 0. The number of likely N-dealkylation sites (N-methyl/N-ethyl adjacent to an activating group) is 2. The van der Waals surface area contributed by atoms with Gasteiger partial charge in [-0.3, -0.25) is 0 Å². The first-order valence-corrected chi connectivity index (χ1v) is 7.31. The second-order valence-electron chi connectivity index (χ2n) is 4.25. The van der Waals surface area contributed by atoms with Crippen molar-refractivity contribution in [2.75, 3.05) is 27.2 Å². The summed E-state index contributed by atoms with van der Waals surface area (Å²) in [5.41, 5.74) is -1.87. The molecule has 1 rings (SSSR count). The van der Waals surface area contributed by atoms with E-state index in [1.54, 1.807) is 7.05 Å². The maximum Gasteiger partial charge on any atom is 0.417 e. The van der Waals surface area contributed by atoms with E-state index >= 15 is 0 Å². The zero-order chi connectivity index (χ0) is 16.3. The molecule has 0 saturated carbocycles. The minimum Gasteiger partial charge on any atom is -0.318 e. The molecule has 1 aromatic carbocycles. The molecular formula is C12H14F3N3O2S. The lowest BCUT2D eigenvalue weighted by Gasteiger charge is -2.18. The number of hydrogen-bond donors (Lipinski definition) is 1. The molecule has 21 heavy (non-hydrogen) atoms. The number of alkyl halides is 3. The molecule has 1 N–H and O–H groups in total. The van der Waals surface area contributed by atoms with E-state index in [0.717, 1.165) is 16.4 Å². The van der Waals surface area contributed by atoms with Gasteiger partial charge in [-0.2, -0.15) is 22.7 Å². The molecule has 0 aliphatic rings. The van der Waals surface area contributed by atoms with Gasteiger partial charge in [0.05, 0.1) is 22.1 Å². The van der Waals surface area contributed by atoms with Crippen LogP contribution in [0.1, 0.15) is 11.1 Å². The number of hydrogen-bond acceptors (Lipinski definition) is 4. The van der Waals surface area contributed by atoms with Crippen LogP contribution in [0.15, 0.2) is 23.1 Å². The van der Waals surface area contributed by atoms with Crippen LogP contribution in [-0.4, -0.2) is 39.9 Å². The Kier molecular flexibility index (Phi) is 5.33. The highest BCUT2D eigenvalue weighted by molar-refractivity contribution is 7.89. The average Bonchev–Trinajstić information content (AvgIpc) is 2.42. The summed E-state index contributed by atoms with van der Waals surface area (Å²) in [6.07, 6.45) is -4.70. The van der Waals surface area contributed by atoms with Gasteiger partial charge in [0, 0.05) is 20.1 Å². The predicted octanol–water partition coefficient (Wildman–Crippen LogP) is 1.42. The molecule has 0 aliphatic carbocycles. The van der Waals surface area contributed by atoms with Gasteiger partial charge in [-0.15, -0.1) is 0 Å². The molecule has 116 valence electrons. The SMILES string of the molecule is CNCCN(C)S(=O)(=O)c1ccc(C(F)(F)F)c(C#N)c1. The monoisotopic (exact) mass is 321 g/mol. The van der Waals surface area contributed by atoms with Gasteiger partial charge in [-0.1, -0.05) is 0 Å². The van der Waals surface area contributed by atoms with Crippen molar-refractivity contribution in [1.29, 1.82) is 5.26 Å². The summed E-state index contributed by atoms with van der Waals surface area (Å²) < 4.78 is 63.4. The van der Waals surface area contributed by atoms with Crippen LogP contribution in [0, 0.1) is 11.3 Å². The Morgan fingerprint density at radius 2 is 2.00 bits per heavy atom. The Morgan fingerprint density at radius 3 is 2.48 bits per heavy atom. The standard InChI is InChI=1S/C12H14F3N3O2S/c1-17-5-6-18(2)21(19,20)10-3-4-11(12(13,14)15)9(7-10)8-16/h3-4,7,17H,5-6H2,1-2H3. The normalized spacial score (nSPS) is 12.4. The first-order valence-electron chi connectivity index (χ1n) is 5.87. The summed E-state index contributed by atoms with van der Waals surface area (Å²) in [6.45, 7) is 0.545. The van der Waals surface area contributed by atoms with Crippen molar-refractivity contribution in [2.24, 2.45) is 0 Å². The molecule has 1 aromatic rings. The average molecular weight is 321 g/mol. The smallest absolute Gasteiger partial charge is 0.318 e. The molecule has 0 atom stereocenters. The number of nitrogens with zero attached hydrogens (tertiary/aromatic N) is 2. The molecule has 0 saturated heterocycles. The molecule has 0 radical (unpaired) electrons.